The molecule has 0 aliphatic rings. The summed E-state index contributed by atoms with van der Waals surface area (Å²) in [4.78, 5) is 11.5. The molecule has 0 heterocycles. The Bertz CT molecular complexity index is 371. The molecule has 4 heteroatoms. The summed E-state index contributed by atoms with van der Waals surface area (Å²) in [5, 5.41) is 13.5. The second-order valence-corrected chi connectivity index (χ2v) is 2.94. The number of rotatable bonds is 3. The standard InChI is InChI=1S/C11H12NO3/c1-8(11(14)15-2)12-10(13)9-6-4-3-5-7-9/h3-7H,1-2H3,(H,12,13). The van der Waals surface area contributed by atoms with Gasteiger partial charge in [-0.15, -0.1) is 0 Å². The monoisotopic (exact) mass is 206 g/mol. The first-order valence-corrected chi connectivity index (χ1v) is 4.43. The summed E-state index contributed by atoms with van der Waals surface area (Å²) >= 11 is 0. The molecule has 1 amide bonds. The molecule has 1 radical (unpaired) electrons. The van der Waals surface area contributed by atoms with Gasteiger partial charge in [-0.3, -0.25) is 4.79 Å². The maximum atomic E-state index is 11.5. The molecule has 1 N–H and O–H groups in total. The number of ether oxygens (including phenoxy) is 1. The SMILES string of the molecule is COC([O])=C(C)NC(=O)c1ccccc1. The molecule has 0 fully saturated rings. The number of hydrogen-bond acceptors (Lipinski definition) is 2. The molecule has 15 heavy (non-hydrogen) atoms. The zero-order valence-electron chi connectivity index (χ0n) is 8.61. The lowest BCUT2D eigenvalue weighted by molar-refractivity contribution is 0.0762. The second-order valence-electron chi connectivity index (χ2n) is 2.94. The van der Waals surface area contributed by atoms with Crippen molar-refractivity contribution >= 4 is 5.91 Å². The van der Waals surface area contributed by atoms with Gasteiger partial charge in [-0.05, 0) is 19.1 Å². The maximum absolute atomic E-state index is 11.5. The van der Waals surface area contributed by atoms with Crippen LogP contribution in [0.2, 0.25) is 0 Å². The molecule has 0 aromatic heterocycles. The highest BCUT2D eigenvalue weighted by atomic mass is 16.6. The maximum Gasteiger partial charge on any atom is 0.349 e. The predicted molar refractivity (Wildman–Crippen MR) is 54.3 cm³/mol. The van der Waals surface area contributed by atoms with Gasteiger partial charge in [0.05, 0.1) is 7.11 Å². The number of benzene rings is 1. The van der Waals surface area contributed by atoms with Crippen LogP contribution in [0.25, 0.3) is 0 Å². The molecule has 4 nitrogen and oxygen atoms in total. The molecule has 0 saturated heterocycles. The number of allylic oxidation sites excluding steroid dienone is 1. The van der Waals surface area contributed by atoms with Crippen molar-refractivity contribution < 1.29 is 14.6 Å². The minimum atomic E-state index is -0.542. The zero-order valence-corrected chi connectivity index (χ0v) is 8.61. The van der Waals surface area contributed by atoms with Crippen molar-refractivity contribution in [2.45, 2.75) is 6.92 Å². The third-order valence-corrected chi connectivity index (χ3v) is 1.83. The van der Waals surface area contributed by atoms with E-state index in [0.29, 0.717) is 5.56 Å². The quantitative estimate of drug-likeness (QED) is 0.765. The molecule has 0 unspecified atom stereocenters. The molecule has 0 aliphatic heterocycles. The van der Waals surface area contributed by atoms with E-state index >= 15 is 0 Å². The molecule has 79 valence electrons. The van der Waals surface area contributed by atoms with Crippen molar-refractivity contribution in [2.75, 3.05) is 7.11 Å². The van der Waals surface area contributed by atoms with Gasteiger partial charge in [-0.1, -0.05) is 18.2 Å². The van der Waals surface area contributed by atoms with Crippen LogP contribution in [-0.2, 0) is 9.84 Å². The Labute approximate surface area is 88.2 Å². The van der Waals surface area contributed by atoms with Crippen molar-refractivity contribution in [2.24, 2.45) is 0 Å². The lowest BCUT2D eigenvalue weighted by atomic mass is 10.2. The van der Waals surface area contributed by atoms with Gasteiger partial charge in [0.15, 0.2) is 0 Å². The molecule has 0 atom stereocenters. The molecule has 1 rings (SSSR count). The topological polar surface area (TPSA) is 58.2 Å². The molecule has 0 bridgehead atoms. The lowest BCUT2D eigenvalue weighted by Gasteiger charge is -2.05. The normalized spacial score (nSPS) is 11.6. The van der Waals surface area contributed by atoms with Gasteiger partial charge >= 0.3 is 5.95 Å². The lowest BCUT2D eigenvalue weighted by Crippen LogP contribution is -2.22. The van der Waals surface area contributed by atoms with Gasteiger partial charge in [0, 0.05) is 5.56 Å². The van der Waals surface area contributed by atoms with E-state index < -0.39 is 5.95 Å². The van der Waals surface area contributed by atoms with Crippen molar-refractivity contribution in [3.63, 3.8) is 0 Å². The van der Waals surface area contributed by atoms with Crippen LogP contribution in [0.4, 0.5) is 0 Å². The summed E-state index contributed by atoms with van der Waals surface area (Å²) in [5.74, 6) is -0.863. The predicted octanol–water partition coefficient (Wildman–Crippen LogP) is 1.68. The van der Waals surface area contributed by atoms with Crippen LogP contribution >= 0.6 is 0 Å². The van der Waals surface area contributed by atoms with Crippen molar-refractivity contribution in [1.29, 1.82) is 0 Å². The Morgan fingerprint density at radius 2 is 1.87 bits per heavy atom. The van der Waals surface area contributed by atoms with E-state index in [1.807, 2.05) is 6.07 Å². The summed E-state index contributed by atoms with van der Waals surface area (Å²) in [6.45, 7) is 1.49. The van der Waals surface area contributed by atoms with Gasteiger partial charge in [0.25, 0.3) is 5.91 Å². The van der Waals surface area contributed by atoms with E-state index in [9.17, 15) is 9.90 Å². The van der Waals surface area contributed by atoms with Crippen LogP contribution < -0.4 is 5.32 Å². The molecular weight excluding hydrogens is 194 g/mol. The Morgan fingerprint density at radius 1 is 1.27 bits per heavy atom. The largest absolute Gasteiger partial charge is 0.465 e. The summed E-state index contributed by atoms with van der Waals surface area (Å²) in [6, 6.07) is 8.65. The molecule has 1 aromatic rings. The van der Waals surface area contributed by atoms with E-state index in [0.717, 1.165) is 0 Å². The number of methoxy groups -OCH3 is 1. The Hall–Kier alpha value is -1.97. The number of amides is 1. The van der Waals surface area contributed by atoms with Crippen LogP contribution in [-0.4, -0.2) is 13.0 Å². The zero-order chi connectivity index (χ0) is 11.3. The average Bonchev–Trinajstić information content (AvgIpc) is 2.29. The fourth-order valence-corrected chi connectivity index (χ4v) is 1.04. The summed E-state index contributed by atoms with van der Waals surface area (Å²) < 4.78 is 4.46. The number of nitrogens with one attached hydrogen (secondary N) is 1. The minimum Gasteiger partial charge on any atom is -0.465 e. The highest BCUT2D eigenvalue weighted by Gasteiger charge is 2.08. The average molecular weight is 206 g/mol. The van der Waals surface area contributed by atoms with Gasteiger partial charge < -0.3 is 10.1 Å². The Morgan fingerprint density at radius 3 is 2.40 bits per heavy atom. The fourth-order valence-electron chi connectivity index (χ4n) is 1.04. The molecule has 0 aliphatic carbocycles. The first-order valence-electron chi connectivity index (χ1n) is 4.43. The van der Waals surface area contributed by atoms with Crippen molar-refractivity contribution in [3.8, 4) is 0 Å². The molecule has 0 spiro atoms. The van der Waals surface area contributed by atoms with Crippen LogP contribution in [0.5, 0.6) is 0 Å². The smallest absolute Gasteiger partial charge is 0.349 e. The van der Waals surface area contributed by atoms with Crippen molar-refractivity contribution in [1.82, 2.24) is 5.32 Å². The van der Waals surface area contributed by atoms with Crippen LogP contribution in [0, 0.1) is 0 Å². The highest BCUT2D eigenvalue weighted by molar-refractivity contribution is 5.95. The Kier molecular flexibility index (Phi) is 3.74. The van der Waals surface area contributed by atoms with Crippen LogP contribution in [0.15, 0.2) is 42.0 Å². The summed E-state index contributed by atoms with van der Waals surface area (Å²) in [7, 11) is 1.26. The minimum absolute atomic E-state index is 0.173. The van der Waals surface area contributed by atoms with E-state index in [4.69, 9.17) is 0 Å². The molecule has 1 aromatic carbocycles. The first kappa shape index (κ1) is 11.1. The van der Waals surface area contributed by atoms with Gasteiger partial charge in [0.1, 0.15) is 5.70 Å². The number of carbonyl (C=O) groups is 1. The van der Waals surface area contributed by atoms with Gasteiger partial charge in [-0.25, -0.2) is 5.11 Å². The number of hydrogen-bond donors (Lipinski definition) is 1. The second kappa shape index (κ2) is 5.05. The van der Waals surface area contributed by atoms with Gasteiger partial charge in [0.2, 0.25) is 0 Å². The van der Waals surface area contributed by atoms with Crippen LogP contribution in [0.3, 0.4) is 0 Å². The molecular formula is C11H12NO3. The van der Waals surface area contributed by atoms with E-state index in [1.54, 1.807) is 24.3 Å². The summed E-state index contributed by atoms with van der Waals surface area (Å²) in [6.07, 6.45) is 0. The third-order valence-electron chi connectivity index (χ3n) is 1.83. The summed E-state index contributed by atoms with van der Waals surface area (Å²) in [5.41, 5.74) is 0.673. The van der Waals surface area contributed by atoms with E-state index in [-0.39, 0.29) is 11.6 Å². The molecule has 0 saturated carbocycles. The Balaban J connectivity index is 2.73. The van der Waals surface area contributed by atoms with Gasteiger partial charge in [-0.2, -0.15) is 0 Å². The first-order chi connectivity index (χ1) is 7.15. The van der Waals surface area contributed by atoms with E-state index in [2.05, 4.69) is 10.1 Å². The highest BCUT2D eigenvalue weighted by Crippen LogP contribution is 2.02. The fraction of sp³-hybridized carbons (Fsp3) is 0.182. The number of carbonyl (C=O) groups excluding carboxylic acids is 1. The van der Waals surface area contributed by atoms with Crippen LogP contribution in [0.1, 0.15) is 17.3 Å². The third kappa shape index (κ3) is 3.02. The van der Waals surface area contributed by atoms with E-state index in [1.165, 1.54) is 14.0 Å². The van der Waals surface area contributed by atoms with Crippen molar-refractivity contribution in [3.05, 3.63) is 47.5 Å².